The fraction of sp³-hybridized carbons (Fsp3) is 0.478. The Kier molecular flexibility index (Phi) is 4.48. The van der Waals surface area contributed by atoms with E-state index in [2.05, 4.69) is 21.1 Å². The molecule has 2 aromatic heterocycles. The Bertz CT molecular complexity index is 1170. The first-order valence-electron chi connectivity index (χ1n) is 10.6. The number of nitrogens with zero attached hydrogens (tertiary/aromatic N) is 6. The summed E-state index contributed by atoms with van der Waals surface area (Å²) in [6.45, 7) is 3.85. The zero-order valence-corrected chi connectivity index (χ0v) is 17.7. The van der Waals surface area contributed by atoms with Crippen LogP contribution >= 0.6 is 0 Å². The highest BCUT2D eigenvalue weighted by molar-refractivity contribution is 5.81. The maximum Gasteiger partial charge on any atom is 0.159 e. The van der Waals surface area contributed by atoms with Crippen LogP contribution in [0.25, 0.3) is 16.7 Å². The topological polar surface area (TPSA) is 90.9 Å². The number of nitriles is 1. The molecule has 0 bridgehead atoms. The van der Waals surface area contributed by atoms with Crippen molar-refractivity contribution in [2.24, 2.45) is 5.92 Å². The molecule has 2 fully saturated rings. The first kappa shape index (κ1) is 19.9. The lowest BCUT2D eigenvalue weighted by Crippen LogP contribution is -2.37. The van der Waals surface area contributed by atoms with E-state index in [0.717, 1.165) is 35.7 Å². The lowest BCUT2D eigenvalue weighted by Gasteiger charge is -2.35. The van der Waals surface area contributed by atoms with E-state index < -0.39 is 23.1 Å². The molecule has 1 saturated carbocycles. The molecule has 0 spiro atoms. The van der Waals surface area contributed by atoms with Crippen molar-refractivity contribution in [1.82, 2.24) is 19.7 Å². The molecule has 1 N–H and O–H groups in total. The molecule has 0 radical (unpaired) electrons. The second kappa shape index (κ2) is 6.99. The monoisotopic (exact) mass is 420 g/mol. The average molecular weight is 420 g/mol. The van der Waals surface area contributed by atoms with Crippen molar-refractivity contribution in [2.45, 2.75) is 50.3 Å². The fourth-order valence-corrected chi connectivity index (χ4v) is 4.74. The second-order valence-corrected chi connectivity index (χ2v) is 9.29. The Balaban J connectivity index is 1.50. The number of alkyl halides is 1. The molecular weight excluding hydrogens is 395 g/mol. The van der Waals surface area contributed by atoms with Crippen molar-refractivity contribution in [3.05, 3.63) is 42.4 Å². The molecule has 3 heterocycles. The summed E-state index contributed by atoms with van der Waals surface area (Å²) in [6, 6.07) is 10.3. The smallest absolute Gasteiger partial charge is 0.159 e. The third-order valence-electron chi connectivity index (χ3n) is 6.88. The van der Waals surface area contributed by atoms with E-state index in [1.807, 2.05) is 23.1 Å². The van der Waals surface area contributed by atoms with E-state index in [9.17, 15) is 14.8 Å². The van der Waals surface area contributed by atoms with Gasteiger partial charge in [0.2, 0.25) is 0 Å². The Morgan fingerprint density at radius 1 is 1.19 bits per heavy atom. The predicted molar refractivity (Wildman–Crippen MR) is 115 cm³/mol. The standard InChI is InChI=1S/C23H25FN6O/c1-22(2,31)17-11-29(12-18(17)24)20-9-21(27-14-26-20)30-19-8-16(5-4-15(19)10-28-30)23(13-25)6-3-7-23/h4-5,8-10,14,17-18,31H,3,6-7,11-12H2,1-2H3/t17-,18?/m1/s1. The van der Waals surface area contributed by atoms with Crippen LogP contribution in [0.1, 0.15) is 38.7 Å². The minimum Gasteiger partial charge on any atom is -0.390 e. The minimum atomic E-state index is -1.13. The molecule has 1 unspecified atom stereocenters. The van der Waals surface area contributed by atoms with E-state index in [1.165, 1.54) is 6.33 Å². The summed E-state index contributed by atoms with van der Waals surface area (Å²) < 4.78 is 16.3. The highest BCUT2D eigenvalue weighted by Gasteiger charge is 2.42. The van der Waals surface area contributed by atoms with Gasteiger partial charge in [0, 0.05) is 23.9 Å². The van der Waals surface area contributed by atoms with Gasteiger partial charge in [-0.25, -0.2) is 19.0 Å². The highest BCUT2D eigenvalue weighted by Crippen LogP contribution is 2.44. The number of anilines is 1. The Labute approximate surface area is 180 Å². The first-order valence-corrected chi connectivity index (χ1v) is 10.6. The summed E-state index contributed by atoms with van der Waals surface area (Å²) in [5.41, 5.74) is 0.384. The van der Waals surface area contributed by atoms with E-state index in [0.29, 0.717) is 18.2 Å². The molecule has 8 heteroatoms. The number of halogens is 1. The van der Waals surface area contributed by atoms with E-state index in [-0.39, 0.29) is 6.54 Å². The third-order valence-corrected chi connectivity index (χ3v) is 6.88. The predicted octanol–water partition coefficient (Wildman–Crippen LogP) is 3.31. The van der Waals surface area contributed by atoms with E-state index in [4.69, 9.17) is 0 Å². The van der Waals surface area contributed by atoms with Gasteiger partial charge in [0.05, 0.1) is 35.3 Å². The first-order chi connectivity index (χ1) is 14.8. The van der Waals surface area contributed by atoms with E-state index >= 15 is 0 Å². The van der Waals surface area contributed by atoms with Gasteiger partial charge < -0.3 is 10.0 Å². The molecule has 2 atom stereocenters. The number of aromatic nitrogens is 4. The summed E-state index contributed by atoms with van der Waals surface area (Å²) in [4.78, 5) is 10.6. The van der Waals surface area contributed by atoms with Gasteiger partial charge in [-0.3, -0.25) is 0 Å². The van der Waals surface area contributed by atoms with Crippen molar-refractivity contribution in [3.8, 4) is 11.9 Å². The fourth-order valence-electron chi connectivity index (χ4n) is 4.74. The summed E-state index contributed by atoms with van der Waals surface area (Å²) in [5.74, 6) is 0.703. The Hall–Kier alpha value is -3.05. The molecule has 31 heavy (non-hydrogen) atoms. The number of hydrogen-bond acceptors (Lipinski definition) is 6. The summed E-state index contributed by atoms with van der Waals surface area (Å²) in [7, 11) is 0. The van der Waals surface area contributed by atoms with Gasteiger partial charge in [-0.15, -0.1) is 0 Å². The number of benzene rings is 1. The van der Waals surface area contributed by atoms with Gasteiger partial charge in [-0.2, -0.15) is 10.4 Å². The molecule has 5 rings (SSSR count). The van der Waals surface area contributed by atoms with Gasteiger partial charge >= 0.3 is 0 Å². The Morgan fingerprint density at radius 2 is 1.97 bits per heavy atom. The van der Waals surface area contributed by atoms with Gasteiger partial charge in [0.15, 0.2) is 5.82 Å². The van der Waals surface area contributed by atoms with Gasteiger partial charge in [0.25, 0.3) is 0 Å². The van der Waals surface area contributed by atoms with Crippen molar-refractivity contribution in [1.29, 1.82) is 5.26 Å². The van der Waals surface area contributed by atoms with Crippen LogP contribution in [0.4, 0.5) is 10.2 Å². The number of rotatable bonds is 4. The molecule has 1 saturated heterocycles. The molecule has 1 aromatic carbocycles. The van der Waals surface area contributed by atoms with Crippen LogP contribution in [0.15, 0.2) is 36.8 Å². The minimum absolute atomic E-state index is 0.180. The number of aliphatic hydroxyl groups is 1. The lowest BCUT2D eigenvalue weighted by molar-refractivity contribution is -0.000242. The van der Waals surface area contributed by atoms with Crippen LogP contribution in [0.5, 0.6) is 0 Å². The van der Waals surface area contributed by atoms with Crippen molar-refractivity contribution in [3.63, 3.8) is 0 Å². The maximum atomic E-state index is 14.5. The molecular formula is C23H25FN6O. The van der Waals surface area contributed by atoms with Crippen molar-refractivity contribution in [2.75, 3.05) is 18.0 Å². The molecule has 2 aliphatic rings. The lowest BCUT2D eigenvalue weighted by atomic mass is 9.65. The molecule has 160 valence electrons. The molecule has 7 nitrogen and oxygen atoms in total. The van der Waals surface area contributed by atoms with Crippen LogP contribution in [-0.4, -0.2) is 49.7 Å². The second-order valence-electron chi connectivity index (χ2n) is 9.29. The Morgan fingerprint density at radius 3 is 2.61 bits per heavy atom. The molecule has 0 amide bonds. The maximum absolute atomic E-state index is 14.5. The van der Waals surface area contributed by atoms with E-state index in [1.54, 1.807) is 30.8 Å². The van der Waals surface area contributed by atoms with Crippen LogP contribution in [-0.2, 0) is 5.41 Å². The van der Waals surface area contributed by atoms with Gasteiger partial charge in [-0.05, 0) is 44.7 Å². The molecule has 1 aliphatic carbocycles. The van der Waals surface area contributed by atoms with Crippen LogP contribution in [0.3, 0.4) is 0 Å². The van der Waals surface area contributed by atoms with Crippen LogP contribution < -0.4 is 4.90 Å². The van der Waals surface area contributed by atoms with Crippen LogP contribution in [0, 0.1) is 17.2 Å². The molecule has 3 aromatic rings. The zero-order chi connectivity index (χ0) is 21.8. The number of fused-ring (bicyclic) bond motifs is 1. The van der Waals surface area contributed by atoms with Gasteiger partial charge in [0.1, 0.15) is 18.3 Å². The summed E-state index contributed by atoms with van der Waals surface area (Å²) >= 11 is 0. The quantitative estimate of drug-likeness (QED) is 0.696. The highest BCUT2D eigenvalue weighted by atomic mass is 19.1. The summed E-state index contributed by atoms with van der Waals surface area (Å²) in [6.07, 6.45) is 4.92. The van der Waals surface area contributed by atoms with Crippen molar-refractivity contribution < 1.29 is 9.50 Å². The summed E-state index contributed by atoms with van der Waals surface area (Å²) in [5, 5.41) is 25.5. The third kappa shape index (κ3) is 3.24. The van der Waals surface area contributed by atoms with Crippen molar-refractivity contribution >= 4 is 16.7 Å². The largest absolute Gasteiger partial charge is 0.390 e. The average Bonchev–Trinajstić information content (AvgIpc) is 3.31. The van der Waals surface area contributed by atoms with Gasteiger partial charge in [-0.1, -0.05) is 12.1 Å². The normalized spacial score (nSPS) is 23.0. The number of hydrogen-bond donors (Lipinski definition) is 1. The SMILES string of the molecule is CC(C)(O)[C@@H]1CN(c2cc(-n3ncc4ccc(C5(C#N)CCC5)cc43)ncn2)CC1F. The van der Waals surface area contributed by atoms with Crippen LogP contribution in [0.2, 0.25) is 0 Å². The molecule has 1 aliphatic heterocycles. The zero-order valence-electron chi connectivity index (χ0n) is 17.7.